The number of nitrogens with two attached hydrogens (primary N) is 1. The largest absolute Gasteiger partial charge is 0.492 e. The lowest BCUT2D eigenvalue weighted by Crippen LogP contribution is -2.48. The van der Waals surface area contributed by atoms with Gasteiger partial charge in [-0.1, -0.05) is 60.7 Å². The van der Waals surface area contributed by atoms with Gasteiger partial charge in [0.05, 0.1) is 17.6 Å². The lowest BCUT2D eigenvalue weighted by molar-refractivity contribution is 0.200. The second kappa shape index (κ2) is 11.1. The third kappa shape index (κ3) is 5.39. The Hall–Kier alpha value is -4.50. The van der Waals surface area contributed by atoms with Crippen molar-refractivity contribution in [3.63, 3.8) is 0 Å². The molecule has 2 aromatic heterocycles. The number of nitrogen functional groups attached to an aromatic ring is 1. The number of aromatic nitrogens is 4. The molecular formula is C30H30FN7O. The van der Waals surface area contributed by atoms with Crippen molar-refractivity contribution in [2.75, 3.05) is 50.0 Å². The molecule has 0 saturated carbocycles. The highest BCUT2D eigenvalue weighted by atomic mass is 19.1. The van der Waals surface area contributed by atoms with Crippen molar-refractivity contribution in [3.8, 4) is 17.0 Å². The van der Waals surface area contributed by atoms with E-state index in [9.17, 15) is 4.39 Å². The second-order valence-electron chi connectivity index (χ2n) is 9.57. The van der Waals surface area contributed by atoms with E-state index in [1.54, 1.807) is 22.9 Å². The quantitative estimate of drug-likeness (QED) is 0.321. The molecule has 1 aliphatic rings. The van der Waals surface area contributed by atoms with Crippen molar-refractivity contribution in [3.05, 3.63) is 96.3 Å². The van der Waals surface area contributed by atoms with Crippen LogP contribution in [0, 0.1) is 5.82 Å². The molecule has 6 rings (SSSR count). The summed E-state index contributed by atoms with van der Waals surface area (Å²) >= 11 is 0. The zero-order valence-corrected chi connectivity index (χ0v) is 21.6. The molecule has 1 aliphatic heterocycles. The van der Waals surface area contributed by atoms with E-state index >= 15 is 0 Å². The summed E-state index contributed by atoms with van der Waals surface area (Å²) in [6.45, 7) is 5.13. The highest BCUT2D eigenvalue weighted by molar-refractivity contribution is 5.99. The van der Waals surface area contributed by atoms with Crippen LogP contribution in [-0.4, -0.2) is 64.0 Å². The monoisotopic (exact) mass is 523 g/mol. The van der Waals surface area contributed by atoms with Crippen molar-refractivity contribution in [1.29, 1.82) is 0 Å². The van der Waals surface area contributed by atoms with Crippen molar-refractivity contribution in [2.24, 2.45) is 0 Å². The minimum absolute atomic E-state index is 0.359. The molecule has 9 heteroatoms. The Kier molecular flexibility index (Phi) is 7.05. The fourth-order valence-corrected chi connectivity index (χ4v) is 4.89. The number of hydrogen-bond acceptors (Lipinski definition) is 7. The molecule has 0 bridgehead atoms. The minimum atomic E-state index is -0.359. The Morgan fingerprint density at radius 1 is 0.821 bits per heavy atom. The highest BCUT2D eigenvalue weighted by Crippen LogP contribution is 2.34. The fraction of sp³-hybridized carbons (Fsp3) is 0.233. The first-order chi connectivity index (χ1) is 19.2. The summed E-state index contributed by atoms with van der Waals surface area (Å²) in [5, 5.41) is 5.29. The van der Waals surface area contributed by atoms with Gasteiger partial charge in [-0.3, -0.25) is 4.90 Å². The molecule has 0 amide bonds. The predicted octanol–water partition coefficient (Wildman–Crippen LogP) is 4.46. The van der Waals surface area contributed by atoms with Crippen LogP contribution in [-0.2, 0) is 6.54 Å². The number of rotatable bonds is 8. The summed E-state index contributed by atoms with van der Waals surface area (Å²) < 4.78 is 22.6. The molecule has 1 saturated heterocycles. The second-order valence-corrected chi connectivity index (χ2v) is 9.57. The number of benzene rings is 3. The number of ether oxygens (including phenoxy) is 1. The lowest BCUT2D eigenvalue weighted by atomic mass is 10.1. The zero-order chi connectivity index (χ0) is 26.6. The van der Waals surface area contributed by atoms with Crippen molar-refractivity contribution in [2.45, 2.75) is 6.54 Å². The van der Waals surface area contributed by atoms with Gasteiger partial charge in [-0.05, 0) is 29.8 Å². The first kappa shape index (κ1) is 24.8. The van der Waals surface area contributed by atoms with E-state index in [2.05, 4.69) is 9.80 Å². The van der Waals surface area contributed by atoms with E-state index in [1.165, 1.54) is 6.07 Å². The Bertz CT molecular complexity index is 1550. The van der Waals surface area contributed by atoms with Crippen LogP contribution in [0.15, 0.2) is 84.9 Å². The third-order valence-corrected chi connectivity index (χ3v) is 7.01. The van der Waals surface area contributed by atoms with E-state index in [-0.39, 0.29) is 5.82 Å². The molecule has 0 unspecified atom stereocenters. The molecule has 0 spiro atoms. The van der Waals surface area contributed by atoms with Gasteiger partial charge in [-0.15, -0.1) is 5.10 Å². The number of fused-ring (bicyclic) bond motifs is 1. The van der Waals surface area contributed by atoms with Gasteiger partial charge in [-0.2, -0.15) is 4.98 Å². The van der Waals surface area contributed by atoms with Gasteiger partial charge in [0, 0.05) is 38.3 Å². The van der Waals surface area contributed by atoms with E-state index < -0.39 is 0 Å². The first-order valence-corrected chi connectivity index (χ1v) is 13.1. The van der Waals surface area contributed by atoms with Crippen molar-refractivity contribution >= 4 is 22.8 Å². The van der Waals surface area contributed by atoms with Gasteiger partial charge in [-0.25, -0.2) is 14.1 Å². The first-order valence-electron chi connectivity index (χ1n) is 13.1. The third-order valence-electron chi connectivity index (χ3n) is 7.01. The number of piperazine rings is 1. The SMILES string of the molecule is Nc1c2c(-c3ccccc3F)nc(N3CCN(CCOc4ccccc4)CC3)nc2nn1Cc1ccccc1. The summed E-state index contributed by atoms with van der Waals surface area (Å²) in [7, 11) is 0. The average Bonchev–Trinajstić information content (AvgIpc) is 3.29. The number of hydrogen-bond donors (Lipinski definition) is 1. The summed E-state index contributed by atoms with van der Waals surface area (Å²) in [6.07, 6.45) is 0. The maximum absolute atomic E-state index is 15.0. The number of para-hydroxylation sites is 1. The molecule has 1 fully saturated rings. The molecule has 0 atom stereocenters. The Morgan fingerprint density at radius 3 is 2.26 bits per heavy atom. The van der Waals surface area contributed by atoms with Crippen molar-refractivity contribution < 1.29 is 9.13 Å². The molecule has 5 aromatic rings. The molecule has 3 heterocycles. The van der Waals surface area contributed by atoms with Crippen LogP contribution in [0.1, 0.15) is 5.56 Å². The lowest BCUT2D eigenvalue weighted by Gasteiger charge is -2.34. The molecule has 198 valence electrons. The van der Waals surface area contributed by atoms with Gasteiger partial charge in [0.15, 0.2) is 5.65 Å². The number of anilines is 2. The minimum Gasteiger partial charge on any atom is -0.492 e. The maximum atomic E-state index is 15.0. The van der Waals surface area contributed by atoms with Crippen LogP contribution in [0.3, 0.4) is 0 Å². The molecule has 2 N–H and O–H groups in total. The van der Waals surface area contributed by atoms with Gasteiger partial charge >= 0.3 is 0 Å². The normalized spacial score (nSPS) is 14.1. The summed E-state index contributed by atoms with van der Waals surface area (Å²) in [5.41, 5.74) is 8.94. The highest BCUT2D eigenvalue weighted by Gasteiger charge is 2.24. The molecule has 0 radical (unpaired) electrons. The smallest absolute Gasteiger partial charge is 0.228 e. The van der Waals surface area contributed by atoms with Crippen LogP contribution < -0.4 is 15.4 Å². The fourth-order valence-electron chi connectivity index (χ4n) is 4.89. The average molecular weight is 524 g/mol. The van der Waals surface area contributed by atoms with E-state index in [4.69, 9.17) is 25.5 Å². The van der Waals surface area contributed by atoms with Crippen LogP contribution >= 0.6 is 0 Å². The van der Waals surface area contributed by atoms with Crippen LogP contribution in [0.4, 0.5) is 16.2 Å². The maximum Gasteiger partial charge on any atom is 0.228 e. The molecule has 3 aromatic carbocycles. The molecule has 8 nitrogen and oxygen atoms in total. The van der Waals surface area contributed by atoms with Gasteiger partial charge in [0.25, 0.3) is 0 Å². The predicted molar refractivity (Wildman–Crippen MR) is 151 cm³/mol. The Labute approximate surface area is 226 Å². The van der Waals surface area contributed by atoms with Crippen LogP contribution in [0.5, 0.6) is 5.75 Å². The van der Waals surface area contributed by atoms with Crippen LogP contribution in [0.25, 0.3) is 22.3 Å². The van der Waals surface area contributed by atoms with Crippen molar-refractivity contribution in [1.82, 2.24) is 24.6 Å². The van der Waals surface area contributed by atoms with E-state index in [0.717, 1.165) is 44.0 Å². The zero-order valence-electron chi connectivity index (χ0n) is 21.6. The van der Waals surface area contributed by atoms with Gasteiger partial charge in [0.2, 0.25) is 5.95 Å². The number of halogens is 1. The van der Waals surface area contributed by atoms with Gasteiger partial charge < -0.3 is 15.4 Å². The Morgan fingerprint density at radius 2 is 1.51 bits per heavy atom. The standard InChI is InChI=1S/C30H30FN7O/c31-25-14-8-7-13-24(25)27-26-28(32)38(21-22-9-3-1-4-10-22)35-29(26)34-30(33-27)37-17-15-36(16-18-37)19-20-39-23-11-5-2-6-12-23/h1-14H,15-21,32H2. The van der Waals surface area contributed by atoms with E-state index in [0.29, 0.717) is 47.2 Å². The topological polar surface area (TPSA) is 85.3 Å². The summed E-state index contributed by atoms with van der Waals surface area (Å²) in [6, 6.07) is 26.4. The number of nitrogens with zero attached hydrogens (tertiary/aromatic N) is 6. The molecule has 39 heavy (non-hydrogen) atoms. The molecular weight excluding hydrogens is 493 g/mol. The van der Waals surface area contributed by atoms with Gasteiger partial charge in [0.1, 0.15) is 24.0 Å². The Balaban J connectivity index is 1.25. The van der Waals surface area contributed by atoms with Crippen LogP contribution in [0.2, 0.25) is 0 Å². The summed E-state index contributed by atoms with van der Waals surface area (Å²) in [4.78, 5) is 14.2. The summed E-state index contributed by atoms with van der Waals surface area (Å²) in [5.74, 6) is 1.47. The molecule has 0 aliphatic carbocycles. The van der Waals surface area contributed by atoms with E-state index in [1.807, 2.05) is 60.7 Å².